The highest BCUT2D eigenvalue weighted by Crippen LogP contribution is 2.24. The van der Waals surface area contributed by atoms with Crippen molar-refractivity contribution in [2.45, 2.75) is 24.5 Å². The van der Waals surface area contributed by atoms with Crippen LogP contribution in [0.5, 0.6) is 0 Å². The number of halogens is 1. The first-order chi connectivity index (χ1) is 12.6. The summed E-state index contributed by atoms with van der Waals surface area (Å²) in [5.74, 6) is 0.944. The first-order valence-electron chi connectivity index (χ1n) is 8.16. The maximum Gasteiger partial charge on any atom is 0.277 e. The van der Waals surface area contributed by atoms with Gasteiger partial charge in [0.05, 0.1) is 11.4 Å². The summed E-state index contributed by atoms with van der Waals surface area (Å²) >= 11 is 4.63. The summed E-state index contributed by atoms with van der Waals surface area (Å²) in [6.45, 7) is 2.12. The van der Waals surface area contributed by atoms with Crippen molar-refractivity contribution in [3.05, 3.63) is 70.5 Å². The van der Waals surface area contributed by atoms with Crippen molar-refractivity contribution in [1.82, 2.24) is 10.2 Å². The molecule has 0 bridgehead atoms. The van der Waals surface area contributed by atoms with E-state index in [-0.39, 0.29) is 17.6 Å². The first-order valence-corrected chi connectivity index (χ1v) is 9.94. The molecule has 1 aromatic heterocycles. The molecule has 0 aliphatic rings. The molecular formula is C19H18BrN3O2S. The van der Waals surface area contributed by atoms with Gasteiger partial charge >= 0.3 is 0 Å². The second-order valence-electron chi connectivity index (χ2n) is 5.79. The third kappa shape index (κ3) is 5.19. The zero-order valence-corrected chi connectivity index (χ0v) is 16.6. The number of aromatic nitrogens is 2. The SMILES string of the molecule is CC(Cc1nnc(SCC(=O)Nc2ccccc2Br)o1)c1ccccc1. The Bertz CT molecular complexity index is 870. The van der Waals surface area contributed by atoms with E-state index in [0.29, 0.717) is 17.5 Å². The summed E-state index contributed by atoms with van der Waals surface area (Å²) in [6, 6.07) is 17.7. The van der Waals surface area contributed by atoms with Gasteiger partial charge in [-0.2, -0.15) is 0 Å². The predicted octanol–water partition coefficient (Wildman–Crippen LogP) is 4.91. The Morgan fingerprint density at radius 3 is 2.65 bits per heavy atom. The molecule has 1 N–H and O–H groups in total. The van der Waals surface area contributed by atoms with E-state index in [2.05, 4.69) is 50.5 Å². The van der Waals surface area contributed by atoms with Gasteiger partial charge in [-0.3, -0.25) is 4.79 Å². The maximum absolute atomic E-state index is 12.1. The molecule has 2 aromatic carbocycles. The van der Waals surface area contributed by atoms with Gasteiger partial charge in [0.1, 0.15) is 0 Å². The van der Waals surface area contributed by atoms with Crippen LogP contribution in [0, 0.1) is 0 Å². The summed E-state index contributed by atoms with van der Waals surface area (Å²) in [7, 11) is 0. The van der Waals surface area contributed by atoms with Crippen molar-refractivity contribution in [3.8, 4) is 0 Å². The smallest absolute Gasteiger partial charge is 0.277 e. The number of nitrogens with one attached hydrogen (secondary N) is 1. The number of amides is 1. The van der Waals surface area contributed by atoms with E-state index in [1.807, 2.05) is 42.5 Å². The normalized spacial score (nSPS) is 11.9. The molecule has 0 saturated heterocycles. The quantitative estimate of drug-likeness (QED) is 0.538. The zero-order chi connectivity index (χ0) is 18.4. The van der Waals surface area contributed by atoms with Crippen LogP contribution >= 0.6 is 27.7 Å². The average molecular weight is 432 g/mol. The fourth-order valence-electron chi connectivity index (χ4n) is 2.42. The largest absolute Gasteiger partial charge is 0.416 e. The van der Waals surface area contributed by atoms with Crippen LogP contribution in [0.15, 0.2) is 68.7 Å². The van der Waals surface area contributed by atoms with Gasteiger partial charge in [-0.25, -0.2) is 0 Å². The number of nitrogens with zero attached hydrogens (tertiary/aromatic N) is 2. The summed E-state index contributed by atoms with van der Waals surface area (Å²) < 4.78 is 6.49. The molecule has 1 atom stereocenters. The fraction of sp³-hybridized carbons (Fsp3) is 0.211. The van der Waals surface area contributed by atoms with Crippen molar-refractivity contribution in [3.63, 3.8) is 0 Å². The minimum absolute atomic E-state index is 0.126. The highest BCUT2D eigenvalue weighted by molar-refractivity contribution is 9.10. The average Bonchev–Trinajstić information content (AvgIpc) is 3.10. The fourth-order valence-corrected chi connectivity index (χ4v) is 3.38. The van der Waals surface area contributed by atoms with E-state index >= 15 is 0 Å². The van der Waals surface area contributed by atoms with E-state index in [9.17, 15) is 4.79 Å². The van der Waals surface area contributed by atoms with E-state index in [0.717, 1.165) is 10.2 Å². The second-order valence-corrected chi connectivity index (χ2v) is 7.58. The lowest BCUT2D eigenvalue weighted by Crippen LogP contribution is -2.14. The van der Waals surface area contributed by atoms with Crippen molar-refractivity contribution in [2.24, 2.45) is 0 Å². The first kappa shape index (κ1) is 18.7. The molecule has 1 heterocycles. The van der Waals surface area contributed by atoms with Crippen LogP contribution in [0.25, 0.3) is 0 Å². The van der Waals surface area contributed by atoms with Crippen LogP contribution in [0.4, 0.5) is 5.69 Å². The topological polar surface area (TPSA) is 68.0 Å². The Hall–Kier alpha value is -2.12. The van der Waals surface area contributed by atoms with Crippen molar-refractivity contribution < 1.29 is 9.21 Å². The van der Waals surface area contributed by atoms with E-state index in [1.54, 1.807) is 0 Å². The monoisotopic (exact) mass is 431 g/mol. The lowest BCUT2D eigenvalue weighted by atomic mass is 9.98. The van der Waals surface area contributed by atoms with Crippen LogP contribution in [-0.2, 0) is 11.2 Å². The molecule has 3 aromatic rings. The van der Waals surface area contributed by atoms with Crippen LogP contribution in [0.2, 0.25) is 0 Å². The molecule has 0 fully saturated rings. The zero-order valence-electron chi connectivity index (χ0n) is 14.2. The van der Waals surface area contributed by atoms with Gasteiger partial charge in [-0.1, -0.05) is 61.2 Å². The van der Waals surface area contributed by atoms with E-state index in [4.69, 9.17) is 4.42 Å². The van der Waals surface area contributed by atoms with Gasteiger partial charge in [-0.15, -0.1) is 10.2 Å². The van der Waals surface area contributed by atoms with Crippen LogP contribution in [0.3, 0.4) is 0 Å². The molecule has 1 amide bonds. The van der Waals surface area contributed by atoms with Gasteiger partial charge in [-0.05, 0) is 39.5 Å². The van der Waals surface area contributed by atoms with Crippen molar-refractivity contribution in [2.75, 3.05) is 11.1 Å². The molecule has 7 heteroatoms. The number of carbonyl (C=O) groups is 1. The summed E-state index contributed by atoms with van der Waals surface area (Å²) in [5, 5.41) is 11.3. The van der Waals surface area contributed by atoms with Gasteiger partial charge in [0, 0.05) is 10.9 Å². The Morgan fingerprint density at radius 2 is 1.88 bits per heavy atom. The van der Waals surface area contributed by atoms with Gasteiger partial charge < -0.3 is 9.73 Å². The van der Waals surface area contributed by atoms with Crippen LogP contribution < -0.4 is 5.32 Å². The van der Waals surface area contributed by atoms with Crippen molar-refractivity contribution >= 4 is 39.3 Å². The Balaban J connectivity index is 1.51. The number of hydrogen-bond acceptors (Lipinski definition) is 5. The number of thioether (sulfide) groups is 1. The lowest BCUT2D eigenvalue weighted by Gasteiger charge is -2.08. The molecule has 134 valence electrons. The Morgan fingerprint density at radius 1 is 1.15 bits per heavy atom. The molecular weight excluding hydrogens is 414 g/mol. The number of anilines is 1. The van der Waals surface area contributed by atoms with Gasteiger partial charge in [0.2, 0.25) is 11.8 Å². The Labute approximate surface area is 164 Å². The molecule has 0 radical (unpaired) electrons. The third-order valence-corrected chi connectivity index (χ3v) is 5.28. The summed E-state index contributed by atoms with van der Waals surface area (Å²) in [5.41, 5.74) is 1.97. The van der Waals surface area contributed by atoms with Gasteiger partial charge in [0.15, 0.2) is 0 Å². The summed E-state index contributed by atoms with van der Waals surface area (Å²) in [6.07, 6.45) is 0.667. The molecule has 26 heavy (non-hydrogen) atoms. The molecule has 3 rings (SSSR count). The second kappa shape index (κ2) is 9.00. The molecule has 0 spiro atoms. The number of para-hydroxylation sites is 1. The molecule has 5 nitrogen and oxygen atoms in total. The highest BCUT2D eigenvalue weighted by atomic mass is 79.9. The van der Waals surface area contributed by atoms with Crippen LogP contribution in [-0.4, -0.2) is 21.9 Å². The predicted molar refractivity (Wildman–Crippen MR) is 106 cm³/mol. The standard InChI is InChI=1S/C19H18BrN3O2S/c1-13(14-7-3-2-4-8-14)11-18-22-23-19(25-18)26-12-17(24)21-16-10-6-5-9-15(16)20/h2-10,13H,11-12H2,1H3,(H,21,24). The highest BCUT2D eigenvalue weighted by Gasteiger charge is 2.14. The molecule has 1 unspecified atom stereocenters. The minimum atomic E-state index is -0.126. The number of hydrogen-bond donors (Lipinski definition) is 1. The molecule has 0 aliphatic carbocycles. The minimum Gasteiger partial charge on any atom is -0.416 e. The number of rotatable bonds is 7. The van der Waals surface area contributed by atoms with E-state index < -0.39 is 0 Å². The maximum atomic E-state index is 12.1. The lowest BCUT2D eigenvalue weighted by molar-refractivity contribution is -0.113. The molecule has 0 saturated carbocycles. The van der Waals surface area contributed by atoms with E-state index in [1.165, 1.54) is 17.3 Å². The molecule has 0 aliphatic heterocycles. The number of benzene rings is 2. The summed E-state index contributed by atoms with van der Waals surface area (Å²) in [4.78, 5) is 12.1. The van der Waals surface area contributed by atoms with Gasteiger partial charge in [0.25, 0.3) is 5.22 Å². The number of carbonyl (C=O) groups excluding carboxylic acids is 1. The Kier molecular flexibility index (Phi) is 6.46. The third-order valence-electron chi connectivity index (χ3n) is 3.77. The van der Waals surface area contributed by atoms with Crippen molar-refractivity contribution in [1.29, 1.82) is 0 Å². The van der Waals surface area contributed by atoms with Crippen LogP contribution in [0.1, 0.15) is 24.3 Å².